The summed E-state index contributed by atoms with van der Waals surface area (Å²) in [6.45, 7) is 1.80. The predicted octanol–water partition coefficient (Wildman–Crippen LogP) is 2.13. The van der Waals surface area contributed by atoms with Crippen molar-refractivity contribution in [3.05, 3.63) is 66.0 Å². The Morgan fingerprint density at radius 3 is 2.43 bits per heavy atom. The van der Waals surface area contributed by atoms with Gasteiger partial charge < -0.3 is 16.0 Å². The number of hydrogen-bond donors (Lipinski definition) is 3. The summed E-state index contributed by atoms with van der Waals surface area (Å²) in [5.41, 5.74) is 1.45. The Labute approximate surface area is 177 Å². The average Bonchev–Trinajstić information content (AvgIpc) is 2.69. The molecule has 6 nitrogen and oxygen atoms in total. The summed E-state index contributed by atoms with van der Waals surface area (Å²) in [6.07, 6.45) is 5.37. The van der Waals surface area contributed by atoms with Crippen molar-refractivity contribution in [3.8, 4) is 0 Å². The molecular weight excluding hydrogens is 399 g/mol. The Kier molecular flexibility index (Phi) is 10.5. The van der Waals surface area contributed by atoms with Gasteiger partial charge in [-0.25, -0.2) is 0 Å². The molecule has 1 atom stereocenters. The van der Waals surface area contributed by atoms with E-state index >= 15 is 0 Å². The summed E-state index contributed by atoms with van der Waals surface area (Å²) in [7, 11) is 0. The van der Waals surface area contributed by atoms with Crippen LogP contribution in [0.5, 0.6) is 0 Å². The lowest BCUT2D eigenvalue weighted by Crippen LogP contribution is -2.52. The molecule has 0 spiro atoms. The lowest BCUT2D eigenvalue weighted by Gasteiger charge is -2.26. The Morgan fingerprint density at radius 1 is 1.07 bits per heavy atom. The van der Waals surface area contributed by atoms with Gasteiger partial charge in [0.05, 0.1) is 5.56 Å². The van der Waals surface area contributed by atoms with Crippen molar-refractivity contribution in [1.29, 1.82) is 0 Å². The third-order valence-corrected chi connectivity index (χ3v) is 4.51. The zero-order chi connectivity index (χ0) is 18.2. The minimum Gasteiger partial charge on any atom is -0.351 e. The number of piperidine rings is 1. The van der Waals surface area contributed by atoms with Crippen molar-refractivity contribution in [2.24, 2.45) is 0 Å². The van der Waals surface area contributed by atoms with Crippen molar-refractivity contribution >= 4 is 36.6 Å². The van der Waals surface area contributed by atoms with E-state index in [1.807, 2.05) is 30.3 Å². The van der Waals surface area contributed by atoms with Gasteiger partial charge >= 0.3 is 0 Å². The van der Waals surface area contributed by atoms with Crippen LogP contribution in [0.1, 0.15) is 28.8 Å². The molecule has 1 unspecified atom stereocenters. The maximum Gasteiger partial charge on any atom is 0.253 e. The molecule has 1 aromatic heterocycles. The van der Waals surface area contributed by atoms with Crippen LogP contribution in [0.2, 0.25) is 0 Å². The summed E-state index contributed by atoms with van der Waals surface area (Å²) < 4.78 is 0. The molecule has 2 aromatic rings. The van der Waals surface area contributed by atoms with Crippen LogP contribution in [0.3, 0.4) is 0 Å². The first-order chi connectivity index (χ1) is 12.7. The number of pyridine rings is 1. The maximum absolute atomic E-state index is 12.8. The van der Waals surface area contributed by atoms with Crippen molar-refractivity contribution in [1.82, 2.24) is 20.9 Å². The van der Waals surface area contributed by atoms with Gasteiger partial charge in [0.1, 0.15) is 6.04 Å². The van der Waals surface area contributed by atoms with E-state index in [1.165, 1.54) is 6.20 Å². The average molecular weight is 425 g/mol. The third kappa shape index (κ3) is 7.11. The quantitative estimate of drug-likeness (QED) is 0.662. The first-order valence-electron chi connectivity index (χ1n) is 8.98. The van der Waals surface area contributed by atoms with E-state index in [9.17, 15) is 9.59 Å². The van der Waals surface area contributed by atoms with Gasteiger partial charge in [0.2, 0.25) is 5.91 Å². The highest BCUT2D eigenvalue weighted by Crippen LogP contribution is 2.08. The number of carbonyl (C=O) groups is 2. The molecule has 1 aromatic carbocycles. The fourth-order valence-corrected chi connectivity index (χ4v) is 3.07. The number of nitrogens with one attached hydrogen (secondary N) is 3. The minimum atomic E-state index is -0.625. The smallest absolute Gasteiger partial charge is 0.253 e. The van der Waals surface area contributed by atoms with E-state index < -0.39 is 6.04 Å². The van der Waals surface area contributed by atoms with E-state index in [0.29, 0.717) is 12.0 Å². The van der Waals surface area contributed by atoms with Crippen LogP contribution in [0, 0.1) is 0 Å². The molecule has 3 rings (SSSR count). The molecule has 0 saturated carbocycles. The van der Waals surface area contributed by atoms with E-state index in [0.717, 1.165) is 31.5 Å². The molecule has 1 aliphatic rings. The first-order valence-corrected chi connectivity index (χ1v) is 8.98. The number of benzene rings is 1. The van der Waals surface area contributed by atoms with Gasteiger partial charge in [-0.3, -0.25) is 14.6 Å². The van der Waals surface area contributed by atoms with Crippen LogP contribution in [0.15, 0.2) is 54.9 Å². The lowest BCUT2D eigenvalue weighted by atomic mass is 10.0. The van der Waals surface area contributed by atoms with Gasteiger partial charge in [0.25, 0.3) is 5.91 Å². The molecule has 0 aliphatic carbocycles. The van der Waals surface area contributed by atoms with E-state index in [1.54, 1.807) is 18.3 Å². The summed E-state index contributed by atoms with van der Waals surface area (Å²) in [4.78, 5) is 29.3. The van der Waals surface area contributed by atoms with E-state index in [4.69, 9.17) is 0 Å². The monoisotopic (exact) mass is 424 g/mol. The number of nitrogens with zero attached hydrogens (tertiary/aromatic N) is 1. The van der Waals surface area contributed by atoms with Crippen LogP contribution in [-0.4, -0.2) is 42.0 Å². The predicted molar refractivity (Wildman–Crippen MR) is 114 cm³/mol. The van der Waals surface area contributed by atoms with Gasteiger partial charge in [-0.1, -0.05) is 30.3 Å². The van der Waals surface area contributed by atoms with Crippen LogP contribution in [0.25, 0.3) is 0 Å². The summed E-state index contributed by atoms with van der Waals surface area (Å²) in [6, 6.07) is 12.6. The zero-order valence-electron chi connectivity index (χ0n) is 15.5. The molecule has 2 amide bonds. The van der Waals surface area contributed by atoms with Gasteiger partial charge in [0, 0.05) is 24.9 Å². The second-order valence-corrected chi connectivity index (χ2v) is 6.49. The molecule has 3 N–H and O–H groups in total. The molecule has 152 valence electrons. The second kappa shape index (κ2) is 12.3. The first kappa shape index (κ1) is 23.9. The number of carbonyl (C=O) groups excluding carboxylic acids is 2. The van der Waals surface area contributed by atoms with Crippen LogP contribution < -0.4 is 16.0 Å². The van der Waals surface area contributed by atoms with Gasteiger partial charge in [-0.05, 0) is 43.6 Å². The molecule has 0 bridgehead atoms. The molecule has 1 aliphatic heterocycles. The summed E-state index contributed by atoms with van der Waals surface area (Å²) in [5, 5.41) is 9.23. The summed E-state index contributed by atoms with van der Waals surface area (Å²) >= 11 is 0. The second-order valence-electron chi connectivity index (χ2n) is 6.49. The van der Waals surface area contributed by atoms with Crippen molar-refractivity contribution in [2.75, 3.05) is 13.1 Å². The molecule has 2 heterocycles. The van der Waals surface area contributed by atoms with Gasteiger partial charge in [-0.2, -0.15) is 0 Å². The highest BCUT2D eigenvalue weighted by atomic mass is 35.5. The normalized spacial score (nSPS) is 14.7. The molecule has 1 saturated heterocycles. The lowest BCUT2D eigenvalue weighted by molar-refractivity contribution is -0.123. The Hall–Kier alpha value is -2.15. The number of halogens is 2. The summed E-state index contributed by atoms with van der Waals surface area (Å²) in [5.74, 6) is -0.433. The Balaban J connectivity index is 0.00000196. The SMILES string of the molecule is Cl.Cl.O=C(NC(Cc1ccccc1)C(=O)NC1CCNCC1)c1cccnc1. The standard InChI is InChI=1S/C20H24N4O2.2ClH/c25-19(16-7-4-10-22-14-16)24-18(13-15-5-2-1-3-6-15)20(26)23-17-8-11-21-12-9-17;;/h1-7,10,14,17-18,21H,8-9,11-13H2,(H,23,26)(H,24,25);2*1H. The Morgan fingerprint density at radius 2 is 1.79 bits per heavy atom. The maximum atomic E-state index is 12.8. The fourth-order valence-electron chi connectivity index (χ4n) is 3.07. The number of amides is 2. The Bertz CT molecular complexity index is 726. The third-order valence-electron chi connectivity index (χ3n) is 4.51. The molecule has 8 heteroatoms. The van der Waals surface area contributed by atoms with Crippen molar-refractivity contribution < 1.29 is 9.59 Å². The fraction of sp³-hybridized carbons (Fsp3) is 0.350. The largest absolute Gasteiger partial charge is 0.351 e. The van der Waals surface area contributed by atoms with Gasteiger partial charge in [0.15, 0.2) is 0 Å². The molecular formula is C20H26Cl2N4O2. The van der Waals surface area contributed by atoms with Gasteiger partial charge in [-0.15, -0.1) is 24.8 Å². The van der Waals surface area contributed by atoms with E-state index in [-0.39, 0.29) is 42.7 Å². The number of aromatic nitrogens is 1. The van der Waals surface area contributed by atoms with Crippen LogP contribution >= 0.6 is 24.8 Å². The molecule has 28 heavy (non-hydrogen) atoms. The van der Waals surface area contributed by atoms with Crippen molar-refractivity contribution in [2.45, 2.75) is 31.3 Å². The topological polar surface area (TPSA) is 83.1 Å². The highest BCUT2D eigenvalue weighted by molar-refractivity contribution is 5.97. The van der Waals surface area contributed by atoms with E-state index in [2.05, 4.69) is 20.9 Å². The van der Waals surface area contributed by atoms with Crippen molar-refractivity contribution in [3.63, 3.8) is 0 Å². The molecule has 1 fully saturated rings. The van der Waals surface area contributed by atoms with Crippen LogP contribution in [-0.2, 0) is 11.2 Å². The number of hydrogen-bond acceptors (Lipinski definition) is 4. The zero-order valence-corrected chi connectivity index (χ0v) is 17.1. The highest BCUT2D eigenvalue weighted by Gasteiger charge is 2.25. The van der Waals surface area contributed by atoms with Crippen LogP contribution in [0.4, 0.5) is 0 Å². The minimum absolute atomic E-state index is 0. The number of rotatable bonds is 6. The molecule has 0 radical (unpaired) electrons.